The van der Waals surface area contributed by atoms with E-state index in [9.17, 15) is 18.0 Å². The lowest BCUT2D eigenvalue weighted by atomic mass is 9.85. The average molecular weight is 378 g/mol. The van der Waals surface area contributed by atoms with E-state index in [4.69, 9.17) is 0 Å². The second-order valence-electron chi connectivity index (χ2n) is 7.67. The van der Waals surface area contributed by atoms with E-state index < -0.39 is 21.5 Å². The van der Waals surface area contributed by atoms with Crippen molar-refractivity contribution in [2.24, 2.45) is 5.92 Å². The number of nitrogens with one attached hydrogen (secondary N) is 1. The van der Waals surface area contributed by atoms with Gasteiger partial charge >= 0.3 is 0 Å². The van der Waals surface area contributed by atoms with Gasteiger partial charge < -0.3 is 4.90 Å². The molecule has 1 atom stereocenters. The van der Waals surface area contributed by atoms with E-state index in [2.05, 4.69) is 4.72 Å². The number of benzene rings is 1. The Morgan fingerprint density at radius 3 is 2.35 bits per heavy atom. The van der Waals surface area contributed by atoms with Gasteiger partial charge in [-0.3, -0.25) is 9.59 Å². The van der Waals surface area contributed by atoms with E-state index >= 15 is 0 Å². The summed E-state index contributed by atoms with van der Waals surface area (Å²) in [6.45, 7) is 4.00. The van der Waals surface area contributed by atoms with Crippen molar-refractivity contribution < 1.29 is 18.0 Å². The topological polar surface area (TPSA) is 83.6 Å². The van der Waals surface area contributed by atoms with E-state index in [0.29, 0.717) is 25.3 Å². The molecule has 0 bridgehead atoms. The van der Waals surface area contributed by atoms with Gasteiger partial charge in [0.1, 0.15) is 5.54 Å². The van der Waals surface area contributed by atoms with Crippen LogP contribution in [0.5, 0.6) is 0 Å². The summed E-state index contributed by atoms with van der Waals surface area (Å²) in [5, 5.41) is 0. The number of carbonyl (C=O) groups excluding carboxylic acids is 2. The first-order chi connectivity index (χ1) is 12.2. The first-order valence-electron chi connectivity index (χ1n) is 9.17. The molecule has 2 fully saturated rings. The van der Waals surface area contributed by atoms with E-state index in [1.807, 2.05) is 6.92 Å². The summed E-state index contributed by atoms with van der Waals surface area (Å²) in [7, 11) is -3.94. The van der Waals surface area contributed by atoms with Crippen LogP contribution in [0.3, 0.4) is 0 Å². The third-order valence-corrected chi connectivity index (χ3v) is 7.05. The van der Waals surface area contributed by atoms with Gasteiger partial charge in [0.25, 0.3) is 15.9 Å². The second kappa shape index (κ2) is 7.02. The quantitative estimate of drug-likeness (QED) is 0.853. The highest BCUT2D eigenvalue weighted by Crippen LogP contribution is 2.35. The summed E-state index contributed by atoms with van der Waals surface area (Å²) in [6.07, 6.45) is 5.36. The van der Waals surface area contributed by atoms with Crippen molar-refractivity contribution in [2.45, 2.75) is 62.8 Å². The molecule has 1 saturated heterocycles. The van der Waals surface area contributed by atoms with Gasteiger partial charge in [0.2, 0.25) is 5.91 Å². The Morgan fingerprint density at radius 1 is 1.19 bits per heavy atom. The van der Waals surface area contributed by atoms with Crippen molar-refractivity contribution in [3.05, 3.63) is 29.8 Å². The molecular formula is C19H26N2O4S. The van der Waals surface area contributed by atoms with Crippen LogP contribution in [0.25, 0.3) is 0 Å². The molecule has 2 amide bonds. The van der Waals surface area contributed by atoms with Gasteiger partial charge in [-0.25, -0.2) is 13.1 Å². The van der Waals surface area contributed by atoms with Crippen LogP contribution in [0.2, 0.25) is 0 Å². The molecule has 3 rings (SSSR count). The third-order valence-electron chi connectivity index (χ3n) is 5.70. The van der Waals surface area contributed by atoms with Crippen LogP contribution in [0.1, 0.15) is 51.0 Å². The van der Waals surface area contributed by atoms with E-state index in [-0.39, 0.29) is 10.8 Å². The molecule has 0 aromatic heterocycles. The molecule has 1 aliphatic heterocycles. The number of hydrogen-bond acceptors (Lipinski definition) is 4. The van der Waals surface area contributed by atoms with E-state index in [1.165, 1.54) is 17.0 Å². The highest BCUT2D eigenvalue weighted by atomic mass is 32.2. The van der Waals surface area contributed by atoms with Crippen LogP contribution in [0.4, 0.5) is 0 Å². The average Bonchev–Trinajstić information content (AvgIpc) is 3.05. The van der Waals surface area contributed by atoms with Crippen molar-refractivity contribution in [2.75, 3.05) is 6.54 Å². The Hall–Kier alpha value is -1.89. The molecule has 2 aliphatic rings. The number of nitrogens with zero attached hydrogens (tertiary/aromatic N) is 1. The zero-order valence-electron chi connectivity index (χ0n) is 15.3. The normalized spacial score (nSPS) is 23.5. The summed E-state index contributed by atoms with van der Waals surface area (Å²) in [4.78, 5) is 26.8. The van der Waals surface area contributed by atoms with Crippen molar-refractivity contribution in [1.82, 2.24) is 9.62 Å². The monoisotopic (exact) mass is 378 g/mol. The standard InChI is InChI=1S/C19H26N2O4S/c1-14-7-9-16(10-8-14)26(24,25)20-18(23)19(2)11-12-21(19)17(22)13-15-5-3-4-6-15/h7-10,15H,3-6,11-13H2,1-2H3,(H,20,23). The lowest BCUT2D eigenvalue weighted by Crippen LogP contribution is -2.67. The van der Waals surface area contributed by atoms with Gasteiger partial charge in [-0.15, -0.1) is 0 Å². The van der Waals surface area contributed by atoms with Crippen molar-refractivity contribution in [1.29, 1.82) is 0 Å². The number of sulfonamides is 1. The SMILES string of the molecule is Cc1ccc(S(=O)(=O)NC(=O)C2(C)CCN2C(=O)CC2CCCC2)cc1. The smallest absolute Gasteiger partial charge is 0.264 e. The number of likely N-dealkylation sites (tertiary alicyclic amines) is 1. The van der Waals surface area contributed by atoms with Gasteiger partial charge in [-0.2, -0.15) is 0 Å². The van der Waals surface area contributed by atoms with Crippen molar-refractivity contribution >= 4 is 21.8 Å². The zero-order valence-corrected chi connectivity index (χ0v) is 16.1. The largest absolute Gasteiger partial charge is 0.328 e. The molecule has 1 saturated carbocycles. The first-order valence-corrected chi connectivity index (χ1v) is 10.6. The van der Waals surface area contributed by atoms with Gasteiger partial charge in [-0.1, -0.05) is 30.5 Å². The molecule has 7 heteroatoms. The fourth-order valence-electron chi connectivity index (χ4n) is 3.78. The summed E-state index contributed by atoms with van der Waals surface area (Å²) in [5.74, 6) is -0.288. The van der Waals surface area contributed by atoms with Crippen molar-refractivity contribution in [3.8, 4) is 0 Å². The predicted molar refractivity (Wildman–Crippen MR) is 97.8 cm³/mol. The number of aryl methyl sites for hydroxylation is 1. The molecule has 6 nitrogen and oxygen atoms in total. The Balaban J connectivity index is 1.68. The second-order valence-corrected chi connectivity index (χ2v) is 9.35. The minimum Gasteiger partial charge on any atom is -0.328 e. The van der Waals surface area contributed by atoms with Crippen LogP contribution < -0.4 is 4.72 Å². The van der Waals surface area contributed by atoms with Crippen LogP contribution in [-0.2, 0) is 19.6 Å². The maximum atomic E-state index is 12.7. The predicted octanol–water partition coefficient (Wildman–Crippen LogP) is 2.37. The highest BCUT2D eigenvalue weighted by Gasteiger charge is 2.50. The maximum Gasteiger partial charge on any atom is 0.264 e. The zero-order chi connectivity index (χ0) is 18.9. The molecular weight excluding hydrogens is 352 g/mol. The Kier molecular flexibility index (Phi) is 5.10. The number of amides is 2. The molecule has 1 aromatic carbocycles. The molecule has 1 aromatic rings. The maximum absolute atomic E-state index is 12.7. The molecule has 142 valence electrons. The summed E-state index contributed by atoms with van der Waals surface area (Å²) in [5.41, 5.74) is -0.155. The minimum atomic E-state index is -3.94. The van der Waals surface area contributed by atoms with Crippen LogP contribution in [0, 0.1) is 12.8 Å². The molecule has 0 radical (unpaired) electrons. The van der Waals surface area contributed by atoms with Gasteiger partial charge in [0.05, 0.1) is 4.90 Å². The Morgan fingerprint density at radius 2 is 1.81 bits per heavy atom. The van der Waals surface area contributed by atoms with Crippen molar-refractivity contribution in [3.63, 3.8) is 0 Å². The Labute approximate surface area is 155 Å². The summed E-state index contributed by atoms with van der Waals surface area (Å²) < 4.78 is 27.1. The van der Waals surface area contributed by atoms with E-state index in [1.54, 1.807) is 19.1 Å². The van der Waals surface area contributed by atoms with E-state index in [0.717, 1.165) is 31.2 Å². The van der Waals surface area contributed by atoms with Gasteiger partial charge in [0.15, 0.2) is 0 Å². The fourth-order valence-corrected chi connectivity index (χ4v) is 4.85. The van der Waals surface area contributed by atoms with Crippen LogP contribution in [-0.4, -0.2) is 37.2 Å². The fraction of sp³-hybridized carbons (Fsp3) is 0.579. The highest BCUT2D eigenvalue weighted by molar-refractivity contribution is 7.90. The molecule has 1 N–H and O–H groups in total. The summed E-state index contributed by atoms with van der Waals surface area (Å²) in [6, 6.07) is 6.30. The molecule has 1 heterocycles. The Bertz CT molecular complexity index is 797. The number of carbonyl (C=O) groups is 2. The molecule has 1 aliphatic carbocycles. The summed E-state index contributed by atoms with van der Waals surface area (Å²) >= 11 is 0. The lowest BCUT2D eigenvalue weighted by Gasteiger charge is -2.49. The van der Waals surface area contributed by atoms with Crippen LogP contribution in [0.15, 0.2) is 29.2 Å². The third kappa shape index (κ3) is 3.63. The van der Waals surface area contributed by atoms with Gasteiger partial charge in [-0.05, 0) is 51.2 Å². The minimum absolute atomic E-state index is 0.0446. The van der Waals surface area contributed by atoms with Gasteiger partial charge in [0, 0.05) is 13.0 Å². The number of rotatable bonds is 5. The molecule has 1 unspecified atom stereocenters. The van der Waals surface area contributed by atoms with Crippen LogP contribution >= 0.6 is 0 Å². The number of hydrogen-bond donors (Lipinski definition) is 1. The molecule has 26 heavy (non-hydrogen) atoms. The molecule has 0 spiro atoms. The first kappa shape index (κ1) is 18.9. The lowest BCUT2D eigenvalue weighted by molar-refractivity contribution is -0.157.